The highest BCUT2D eigenvalue weighted by Crippen LogP contribution is 2.19. The molecule has 0 radical (unpaired) electrons. The van der Waals surface area contributed by atoms with Crippen molar-refractivity contribution in [3.05, 3.63) is 53.0 Å². The van der Waals surface area contributed by atoms with Gasteiger partial charge in [0.2, 0.25) is 0 Å². The number of nitrogens with zero attached hydrogens (tertiary/aromatic N) is 3. The minimum Gasteiger partial charge on any atom is -0.461 e. The molecule has 0 bridgehead atoms. The van der Waals surface area contributed by atoms with Crippen molar-refractivity contribution >= 4 is 39.7 Å². The van der Waals surface area contributed by atoms with Crippen LogP contribution < -0.4 is 5.43 Å². The summed E-state index contributed by atoms with van der Waals surface area (Å²) in [6, 6.07) is 11.2. The second-order valence-corrected chi connectivity index (χ2v) is 5.46. The highest BCUT2D eigenvalue weighted by molar-refractivity contribution is 7.13. The monoisotopic (exact) mass is 326 g/mol. The summed E-state index contributed by atoms with van der Waals surface area (Å²) >= 11 is 1.42. The summed E-state index contributed by atoms with van der Waals surface area (Å²) in [5, 5.41) is 6.92. The molecule has 2 heterocycles. The van der Waals surface area contributed by atoms with Gasteiger partial charge in [0.1, 0.15) is 6.33 Å². The Morgan fingerprint density at radius 3 is 2.91 bits per heavy atom. The fraction of sp³-hybridized carbons (Fsp3) is 0.125. The van der Waals surface area contributed by atoms with Gasteiger partial charge in [-0.2, -0.15) is 5.10 Å². The molecular weight excluding hydrogens is 312 g/mol. The highest BCUT2D eigenvalue weighted by Gasteiger charge is 2.17. The molecular formula is C16H14N4O2S. The van der Waals surface area contributed by atoms with Gasteiger partial charge in [0.25, 0.3) is 0 Å². The number of hydrazone groups is 1. The lowest BCUT2D eigenvalue weighted by molar-refractivity contribution is -0.134. The van der Waals surface area contributed by atoms with Gasteiger partial charge in [0.15, 0.2) is 11.5 Å². The van der Waals surface area contributed by atoms with Gasteiger partial charge in [-0.1, -0.05) is 18.2 Å². The van der Waals surface area contributed by atoms with Crippen LogP contribution in [0.4, 0.5) is 5.82 Å². The Bertz CT molecular complexity index is 841. The summed E-state index contributed by atoms with van der Waals surface area (Å²) in [5.41, 5.74) is 3.88. The summed E-state index contributed by atoms with van der Waals surface area (Å²) in [5.74, 6) is 0.0646. The number of rotatable bonds is 5. The second kappa shape index (κ2) is 6.97. The third-order valence-corrected chi connectivity index (χ3v) is 3.92. The lowest BCUT2D eigenvalue weighted by Gasteiger charge is -2.07. The molecule has 0 atom stereocenters. The van der Waals surface area contributed by atoms with E-state index in [0.717, 1.165) is 15.8 Å². The maximum atomic E-state index is 12.1. The first kappa shape index (κ1) is 15.1. The van der Waals surface area contributed by atoms with Gasteiger partial charge in [-0.05, 0) is 30.5 Å². The molecule has 0 unspecified atom stereocenters. The van der Waals surface area contributed by atoms with E-state index < -0.39 is 5.97 Å². The summed E-state index contributed by atoms with van der Waals surface area (Å²) in [7, 11) is 0. The molecule has 1 N–H and O–H groups in total. The molecule has 3 aromatic rings. The smallest absolute Gasteiger partial charge is 0.360 e. The van der Waals surface area contributed by atoms with Crippen LogP contribution >= 0.6 is 11.3 Å². The number of hydrogen-bond donors (Lipinski definition) is 1. The summed E-state index contributed by atoms with van der Waals surface area (Å²) < 4.78 is 5.07. The predicted octanol–water partition coefficient (Wildman–Crippen LogP) is 3.07. The molecule has 1 aromatic carbocycles. The standard InChI is InChI=1S/C16H14N4O2S/c1-2-22-16(21)14(13-8-5-9-23-13)19-20-15-11-6-3-4-7-12(11)17-10-18-15/h3-10H,2H2,1H3,(H,17,18,20)/b19-14+. The molecule has 0 spiro atoms. The molecule has 0 aliphatic heterocycles. The minimum atomic E-state index is -0.471. The Labute approximate surface area is 136 Å². The van der Waals surface area contributed by atoms with E-state index in [1.807, 2.05) is 41.8 Å². The largest absolute Gasteiger partial charge is 0.461 e. The molecule has 2 aromatic heterocycles. The van der Waals surface area contributed by atoms with Gasteiger partial charge < -0.3 is 4.74 Å². The average Bonchev–Trinajstić information content (AvgIpc) is 3.10. The number of thiophene rings is 1. The van der Waals surface area contributed by atoms with E-state index >= 15 is 0 Å². The lowest BCUT2D eigenvalue weighted by atomic mass is 10.2. The first-order valence-corrected chi connectivity index (χ1v) is 7.92. The maximum absolute atomic E-state index is 12.1. The van der Waals surface area contributed by atoms with Crippen LogP contribution in [-0.4, -0.2) is 28.3 Å². The van der Waals surface area contributed by atoms with E-state index in [4.69, 9.17) is 4.74 Å². The molecule has 0 aliphatic carbocycles. The molecule has 7 heteroatoms. The number of benzene rings is 1. The fourth-order valence-corrected chi connectivity index (χ4v) is 2.72. The van der Waals surface area contributed by atoms with Gasteiger partial charge in [-0.15, -0.1) is 11.3 Å². The summed E-state index contributed by atoms with van der Waals surface area (Å²) in [6.45, 7) is 2.05. The number of aromatic nitrogens is 2. The molecule has 23 heavy (non-hydrogen) atoms. The number of nitrogens with one attached hydrogen (secondary N) is 1. The van der Waals surface area contributed by atoms with Crippen molar-refractivity contribution in [1.29, 1.82) is 0 Å². The molecule has 0 aliphatic rings. The van der Waals surface area contributed by atoms with E-state index in [-0.39, 0.29) is 5.71 Å². The molecule has 0 saturated heterocycles. The maximum Gasteiger partial charge on any atom is 0.360 e. The first-order chi connectivity index (χ1) is 11.3. The second-order valence-electron chi connectivity index (χ2n) is 4.51. The van der Waals surface area contributed by atoms with Crippen LogP contribution in [0.2, 0.25) is 0 Å². The summed E-state index contributed by atoms with van der Waals surface area (Å²) in [6.07, 6.45) is 1.45. The van der Waals surface area contributed by atoms with Crippen LogP contribution in [-0.2, 0) is 9.53 Å². The topological polar surface area (TPSA) is 76.5 Å². The first-order valence-electron chi connectivity index (χ1n) is 7.04. The van der Waals surface area contributed by atoms with E-state index in [1.165, 1.54) is 17.7 Å². The van der Waals surface area contributed by atoms with Gasteiger partial charge in [-0.3, -0.25) is 5.43 Å². The van der Waals surface area contributed by atoms with Gasteiger partial charge in [0.05, 0.1) is 17.0 Å². The Balaban J connectivity index is 1.95. The fourth-order valence-electron chi connectivity index (χ4n) is 2.02. The summed E-state index contributed by atoms with van der Waals surface area (Å²) in [4.78, 5) is 21.2. The van der Waals surface area contributed by atoms with Crippen molar-refractivity contribution in [2.24, 2.45) is 5.10 Å². The lowest BCUT2D eigenvalue weighted by Crippen LogP contribution is -2.19. The number of hydrogen-bond acceptors (Lipinski definition) is 7. The van der Waals surface area contributed by atoms with E-state index in [2.05, 4.69) is 20.5 Å². The number of carbonyl (C=O) groups excluding carboxylic acids is 1. The molecule has 0 fully saturated rings. The van der Waals surface area contributed by atoms with Crippen LogP contribution in [0.15, 0.2) is 53.2 Å². The quantitative estimate of drug-likeness (QED) is 0.443. The molecule has 0 saturated carbocycles. The van der Waals surface area contributed by atoms with Gasteiger partial charge >= 0.3 is 5.97 Å². The van der Waals surface area contributed by atoms with Gasteiger partial charge in [-0.25, -0.2) is 14.8 Å². The zero-order valence-electron chi connectivity index (χ0n) is 12.4. The van der Waals surface area contributed by atoms with Crippen molar-refractivity contribution in [2.45, 2.75) is 6.92 Å². The van der Waals surface area contributed by atoms with E-state index in [9.17, 15) is 4.79 Å². The van der Waals surface area contributed by atoms with Crippen molar-refractivity contribution in [2.75, 3.05) is 12.0 Å². The molecule has 116 valence electrons. The SMILES string of the molecule is CCOC(=O)/C(=N/Nc1ncnc2ccccc12)c1cccs1. The van der Waals surface area contributed by atoms with Crippen molar-refractivity contribution < 1.29 is 9.53 Å². The van der Waals surface area contributed by atoms with Crippen molar-refractivity contribution in [1.82, 2.24) is 9.97 Å². The Morgan fingerprint density at radius 1 is 1.26 bits per heavy atom. The van der Waals surface area contributed by atoms with Crippen LogP contribution in [0.5, 0.6) is 0 Å². The number of fused-ring (bicyclic) bond motifs is 1. The Kier molecular flexibility index (Phi) is 4.58. The minimum absolute atomic E-state index is 0.226. The zero-order chi connectivity index (χ0) is 16.1. The Hall–Kier alpha value is -2.80. The Morgan fingerprint density at radius 2 is 2.13 bits per heavy atom. The van der Waals surface area contributed by atoms with Crippen molar-refractivity contribution in [3.8, 4) is 0 Å². The molecule has 0 amide bonds. The number of para-hydroxylation sites is 1. The van der Waals surface area contributed by atoms with E-state index in [0.29, 0.717) is 12.4 Å². The van der Waals surface area contributed by atoms with Crippen LogP contribution in [0.25, 0.3) is 10.9 Å². The van der Waals surface area contributed by atoms with Crippen molar-refractivity contribution in [3.63, 3.8) is 0 Å². The van der Waals surface area contributed by atoms with Crippen LogP contribution in [0, 0.1) is 0 Å². The third-order valence-electron chi connectivity index (χ3n) is 3.04. The third kappa shape index (κ3) is 3.35. The normalized spacial score (nSPS) is 11.4. The zero-order valence-corrected chi connectivity index (χ0v) is 13.2. The molecule has 6 nitrogen and oxygen atoms in total. The van der Waals surface area contributed by atoms with Crippen LogP contribution in [0.1, 0.15) is 11.8 Å². The van der Waals surface area contributed by atoms with Gasteiger partial charge in [0, 0.05) is 5.39 Å². The number of carbonyl (C=O) groups is 1. The highest BCUT2D eigenvalue weighted by atomic mass is 32.1. The number of anilines is 1. The molecule has 3 rings (SSSR count). The number of ether oxygens (including phenoxy) is 1. The van der Waals surface area contributed by atoms with E-state index in [1.54, 1.807) is 6.92 Å². The average molecular weight is 326 g/mol. The van der Waals surface area contributed by atoms with Crippen LogP contribution in [0.3, 0.4) is 0 Å². The predicted molar refractivity (Wildman–Crippen MR) is 90.6 cm³/mol. The number of esters is 1.